The molecule has 7 nitrogen and oxygen atoms in total. The van der Waals surface area contributed by atoms with E-state index in [2.05, 4.69) is 10.0 Å². The Kier molecular flexibility index (Phi) is 4.49. The van der Waals surface area contributed by atoms with Crippen molar-refractivity contribution >= 4 is 33.2 Å². The molecule has 1 aromatic rings. The van der Waals surface area contributed by atoms with Gasteiger partial charge in [0.15, 0.2) is 0 Å². The van der Waals surface area contributed by atoms with Gasteiger partial charge in [0.05, 0.1) is 6.26 Å². The fourth-order valence-electron chi connectivity index (χ4n) is 1.17. The Balaban J connectivity index is 2.72. The van der Waals surface area contributed by atoms with Crippen LogP contribution in [0.4, 0.5) is 11.4 Å². The van der Waals surface area contributed by atoms with Gasteiger partial charge in [-0.1, -0.05) is 0 Å². The normalized spacial score (nSPS) is 11.1. The molecule has 0 spiro atoms. The molecule has 1 radical (unpaired) electrons. The van der Waals surface area contributed by atoms with Crippen LogP contribution in [0.5, 0.6) is 0 Å². The maximum Gasteiger partial charge on any atom is 0.241 e. The second-order valence-electron chi connectivity index (χ2n) is 3.89. The van der Waals surface area contributed by atoms with E-state index in [4.69, 9.17) is 5.73 Å². The van der Waals surface area contributed by atoms with Crippen molar-refractivity contribution in [3.63, 3.8) is 0 Å². The van der Waals surface area contributed by atoms with Gasteiger partial charge in [0.2, 0.25) is 21.8 Å². The lowest BCUT2D eigenvalue weighted by atomic mass is 10.1. The highest BCUT2D eigenvalue weighted by atomic mass is 32.2. The van der Waals surface area contributed by atoms with Crippen LogP contribution in [0.2, 0.25) is 0 Å². The van der Waals surface area contributed by atoms with Crippen LogP contribution in [-0.2, 0) is 19.6 Å². The van der Waals surface area contributed by atoms with Gasteiger partial charge >= 0.3 is 0 Å². The topological polar surface area (TPSA) is 118 Å². The van der Waals surface area contributed by atoms with E-state index in [1.54, 1.807) is 0 Å². The van der Waals surface area contributed by atoms with Crippen LogP contribution in [0.1, 0.15) is 6.92 Å². The maximum atomic E-state index is 11.5. The van der Waals surface area contributed by atoms with Crippen molar-refractivity contribution in [2.24, 2.45) is 5.73 Å². The number of primary amides is 1. The summed E-state index contributed by atoms with van der Waals surface area (Å²) in [6.07, 6.45) is 1.04. The van der Waals surface area contributed by atoms with Crippen LogP contribution in [-0.4, -0.2) is 26.5 Å². The molecule has 1 rings (SSSR count). The maximum absolute atomic E-state index is 11.5. The number of nitrogens with two attached hydrogens (primary N) is 1. The smallest absolute Gasteiger partial charge is 0.241 e. The van der Waals surface area contributed by atoms with Gasteiger partial charge in [-0.3, -0.25) is 14.3 Å². The highest BCUT2D eigenvalue weighted by Crippen LogP contribution is 2.15. The monoisotopic (exact) mass is 284 g/mol. The zero-order valence-electron chi connectivity index (χ0n) is 10.4. The van der Waals surface area contributed by atoms with Crippen LogP contribution < -0.4 is 15.8 Å². The van der Waals surface area contributed by atoms with Gasteiger partial charge < -0.3 is 11.1 Å². The summed E-state index contributed by atoms with van der Waals surface area (Å²) >= 11 is 0. The van der Waals surface area contributed by atoms with Gasteiger partial charge in [-0.2, -0.15) is 0 Å². The summed E-state index contributed by atoms with van der Waals surface area (Å²) in [5, 5.41) is 2.46. The highest BCUT2D eigenvalue weighted by molar-refractivity contribution is 7.92. The number of hydrogen-bond acceptors (Lipinski definition) is 4. The molecular weight excluding hydrogens is 270 g/mol. The molecule has 0 heterocycles. The molecule has 0 aliphatic heterocycles. The van der Waals surface area contributed by atoms with Gasteiger partial charge in [0.25, 0.3) is 0 Å². The van der Waals surface area contributed by atoms with E-state index in [0.29, 0.717) is 11.4 Å². The molecule has 0 unspecified atom stereocenters. The second kappa shape index (κ2) is 5.70. The first-order valence-electron chi connectivity index (χ1n) is 5.21. The average Bonchev–Trinajstić information content (AvgIpc) is 2.28. The molecule has 0 bridgehead atoms. The van der Waals surface area contributed by atoms with Gasteiger partial charge in [-0.25, -0.2) is 8.42 Å². The Bertz CT molecular complexity index is 580. The molecule has 0 atom stereocenters. The standard InChI is InChI=1S/C11H14N3O4S/c1-7(10(12)15)11(16)13-8-3-5-9(6-4-8)14-19(2,17)18/h3-6,14H,1-2H3,(H2,12,15)(H,13,16). The fraction of sp³-hybridized carbons (Fsp3) is 0.182. The number of sulfonamides is 1. The molecule has 0 saturated carbocycles. The Hall–Kier alpha value is -2.09. The van der Waals surface area contributed by atoms with Crippen molar-refractivity contribution in [3.05, 3.63) is 30.2 Å². The number of anilines is 2. The lowest BCUT2D eigenvalue weighted by molar-refractivity contribution is -0.122. The predicted molar refractivity (Wildman–Crippen MR) is 71.6 cm³/mol. The van der Waals surface area contributed by atoms with Crippen LogP contribution in [0.25, 0.3) is 0 Å². The average molecular weight is 284 g/mol. The lowest BCUT2D eigenvalue weighted by Gasteiger charge is -2.09. The third-order valence-corrected chi connectivity index (χ3v) is 2.76. The zero-order valence-corrected chi connectivity index (χ0v) is 11.2. The molecule has 1 aromatic carbocycles. The predicted octanol–water partition coefficient (Wildman–Crippen LogP) is 0.0763. The van der Waals surface area contributed by atoms with Crippen molar-refractivity contribution in [2.45, 2.75) is 6.92 Å². The largest absolute Gasteiger partial charge is 0.369 e. The first-order valence-corrected chi connectivity index (χ1v) is 7.11. The van der Waals surface area contributed by atoms with Crippen LogP contribution in [0.15, 0.2) is 24.3 Å². The number of carbonyl (C=O) groups is 2. The summed E-state index contributed by atoms with van der Waals surface area (Å²) in [7, 11) is -3.34. The number of carbonyl (C=O) groups excluding carboxylic acids is 2. The van der Waals surface area contributed by atoms with E-state index >= 15 is 0 Å². The van der Waals surface area contributed by atoms with Crippen molar-refractivity contribution < 1.29 is 18.0 Å². The van der Waals surface area contributed by atoms with E-state index < -0.39 is 21.8 Å². The molecule has 0 aliphatic carbocycles. The molecule has 0 aromatic heterocycles. The highest BCUT2D eigenvalue weighted by Gasteiger charge is 2.19. The Morgan fingerprint density at radius 3 is 2.00 bits per heavy atom. The first kappa shape index (κ1) is 15.0. The summed E-state index contributed by atoms with van der Waals surface area (Å²) in [5.74, 6) is -1.51. The van der Waals surface area contributed by atoms with Crippen molar-refractivity contribution in [1.82, 2.24) is 0 Å². The molecule has 103 valence electrons. The lowest BCUT2D eigenvalue weighted by Crippen LogP contribution is -2.30. The van der Waals surface area contributed by atoms with Crippen LogP contribution >= 0.6 is 0 Å². The minimum absolute atomic E-state index is 0.113. The second-order valence-corrected chi connectivity index (χ2v) is 5.64. The molecule has 19 heavy (non-hydrogen) atoms. The van der Waals surface area contributed by atoms with E-state index in [-0.39, 0.29) is 5.92 Å². The number of benzene rings is 1. The molecule has 2 amide bonds. The number of nitrogens with one attached hydrogen (secondary N) is 2. The number of amides is 2. The molecule has 8 heteroatoms. The minimum Gasteiger partial charge on any atom is -0.369 e. The minimum atomic E-state index is -3.34. The van der Waals surface area contributed by atoms with E-state index in [9.17, 15) is 18.0 Å². The van der Waals surface area contributed by atoms with E-state index in [1.165, 1.54) is 31.2 Å². The van der Waals surface area contributed by atoms with Crippen molar-refractivity contribution in [1.29, 1.82) is 0 Å². The fourth-order valence-corrected chi connectivity index (χ4v) is 1.74. The van der Waals surface area contributed by atoms with Gasteiger partial charge in [-0.15, -0.1) is 0 Å². The van der Waals surface area contributed by atoms with E-state index in [1.807, 2.05) is 0 Å². The van der Waals surface area contributed by atoms with Gasteiger partial charge in [0, 0.05) is 11.4 Å². The third-order valence-electron chi connectivity index (χ3n) is 2.16. The molecule has 0 saturated heterocycles. The van der Waals surface area contributed by atoms with Crippen molar-refractivity contribution in [3.8, 4) is 0 Å². The molecule has 4 N–H and O–H groups in total. The van der Waals surface area contributed by atoms with Gasteiger partial charge in [-0.05, 0) is 31.2 Å². The summed E-state index contributed by atoms with van der Waals surface area (Å²) < 4.78 is 24.3. The van der Waals surface area contributed by atoms with Gasteiger partial charge in [0.1, 0.15) is 5.92 Å². The summed E-state index contributed by atoms with van der Waals surface area (Å²) in [6.45, 7) is 1.32. The number of hydrogen-bond donors (Lipinski definition) is 3. The quantitative estimate of drug-likeness (QED) is 0.663. The molecule has 0 aliphatic rings. The molecule has 0 fully saturated rings. The summed E-state index contributed by atoms with van der Waals surface area (Å²) in [6, 6.07) is 5.96. The third kappa shape index (κ3) is 4.96. The van der Waals surface area contributed by atoms with Crippen molar-refractivity contribution in [2.75, 3.05) is 16.3 Å². The Labute approximate surface area is 111 Å². The molecular formula is C11H14N3O4S. The Morgan fingerprint density at radius 2 is 1.58 bits per heavy atom. The Morgan fingerprint density at radius 1 is 1.11 bits per heavy atom. The zero-order chi connectivity index (χ0) is 14.6. The van der Waals surface area contributed by atoms with E-state index in [0.717, 1.165) is 6.26 Å². The van der Waals surface area contributed by atoms with Crippen LogP contribution in [0.3, 0.4) is 0 Å². The number of rotatable bonds is 5. The first-order chi connectivity index (χ1) is 8.69. The summed E-state index contributed by atoms with van der Waals surface area (Å²) in [4.78, 5) is 22.3. The summed E-state index contributed by atoms with van der Waals surface area (Å²) in [5.41, 5.74) is 5.76. The SMILES string of the molecule is C[C](C(N)=O)C(=O)Nc1ccc(NS(C)(=O)=O)cc1. The van der Waals surface area contributed by atoms with Crippen LogP contribution in [0, 0.1) is 5.92 Å².